The van der Waals surface area contributed by atoms with Crippen molar-refractivity contribution in [2.75, 3.05) is 13.2 Å². The molecular formula is C13H19FN2O2. The largest absolute Gasteiger partial charge is 0.494 e. The molecule has 0 saturated heterocycles. The number of carbonyl (C=O) groups excluding carboxylic acids is 1. The Kier molecular flexibility index (Phi) is 5.09. The molecule has 0 radical (unpaired) electrons. The summed E-state index contributed by atoms with van der Waals surface area (Å²) in [5, 5.41) is 3.04. The monoisotopic (exact) mass is 254 g/mol. The minimum Gasteiger partial charge on any atom is -0.494 e. The second-order valence-electron chi connectivity index (χ2n) is 4.28. The molecule has 0 aliphatic heterocycles. The molecule has 0 bridgehead atoms. The molecule has 0 heterocycles. The third kappa shape index (κ3) is 4.00. The highest BCUT2D eigenvalue weighted by molar-refractivity contribution is 5.84. The van der Waals surface area contributed by atoms with Crippen molar-refractivity contribution in [1.29, 1.82) is 0 Å². The minimum atomic E-state index is -0.783. The van der Waals surface area contributed by atoms with Gasteiger partial charge in [-0.05, 0) is 37.7 Å². The van der Waals surface area contributed by atoms with Crippen LogP contribution < -0.4 is 15.8 Å². The summed E-state index contributed by atoms with van der Waals surface area (Å²) >= 11 is 0. The van der Waals surface area contributed by atoms with Crippen molar-refractivity contribution in [1.82, 2.24) is 5.32 Å². The lowest BCUT2D eigenvalue weighted by molar-refractivity contribution is -0.124. The van der Waals surface area contributed by atoms with E-state index in [9.17, 15) is 9.18 Å². The molecule has 0 spiro atoms. The highest BCUT2D eigenvalue weighted by Crippen LogP contribution is 2.14. The molecule has 1 unspecified atom stereocenters. The van der Waals surface area contributed by atoms with Crippen molar-refractivity contribution in [2.45, 2.75) is 25.8 Å². The van der Waals surface area contributed by atoms with Crippen LogP contribution in [0.25, 0.3) is 0 Å². The summed E-state index contributed by atoms with van der Waals surface area (Å²) in [6.45, 7) is 4.63. The number of nitrogens with one attached hydrogen (secondary N) is 1. The van der Waals surface area contributed by atoms with Gasteiger partial charge >= 0.3 is 0 Å². The van der Waals surface area contributed by atoms with E-state index in [1.807, 2.05) is 6.92 Å². The molecular weight excluding hydrogens is 235 g/mol. The molecule has 1 amide bonds. The Morgan fingerprint density at radius 1 is 1.44 bits per heavy atom. The van der Waals surface area contributed by atoms with E-state index in [4.69, 9.17) is 10.5 Å². The van der Waals surface area contributed by atoms with Gasteiger partial charge in [-0.3, -0.25) is 4.79 Å². The predicted molar refractivity (Wildman–Crippen MR) is 67.8 cm³/mol. The lowest BCUT2D eigenvalue weighted by Crippen LogP contribution is -2.53. The zero-order valence-electron chi connectivity index (χ0n) is 10.7. The summed E-state index contributed by atoms with van der Waals surface area (Å²) in [5.74, 6) is -0.149. The number of benzene rings is 1. The number of ether oxygens (including phenoxy) is 1. The highest BCUT2D eigenvalue weighted by atomic mass is 19.1. The summed E-state index contributed by atoms with van der Waals surface area (Å²) in [6.07, 6.45) is 0.452. The first-order valence-electron chi connectivity index (χ1n) is 5.91. The summed E-state index contributed by atoms with van der Waals surface area (Å²) in [6, 6.07) is 5.74. The van der Waals surface area contributed by atoms with E-state index < -0.39 is 11.4 Å². The van der Waals surface area contributed by atoms with Gasteiger partial charge in [0.1, 0.15) is 11.6 Å². The van der Waals surface area contributed by atoms with Gasteiger partial charge in [0.2, 0.25) is 5.91 Å². The summed E-state index contributed by atoms with van der Waals surface area (Å²) in [4.78, 5) is 11.4. The van der Waals surface area contributed by atoms with Crippen molar-refractivity contribution in [2.24, 2.45) is 5.73 Å². The van der Waals surface area contributed by atoms with Gasteiger partial charge in [-0.15, -0.1) is 0 Å². The third-order valence-corrected chi connectivity index (χ3v) is 2.80. The Bertz CT molecular complexity index is 394. The van der Waals surface area contributed by atoms with Crippen LogP contribution in [-0.4, -0.2) is 24.6 Å². The number of halogens is 1. The van der Waals surface area contributed by atoms with E-state index in [1.54, 1.807) is 19.1 Å². The number of amides is 1. The molecule has 4 nitrogen and oxygen atoms in total. The number of nitrogens with two attached hydrogens (primary N) is 1. The van der Waals surface area contributed by atoms with E-state index in [2.05, 4.69) is 5.32 Å². The first kappa shape index (κ1) is 14.4. The van der Waals surface area contributed by atoms with Gasteiger partial charge in [-0.2, -0.15) is 0 Å². The average molecular weight is 254 g/mol. The summed E-state index contributed by atoms with van der Waals surface area (Å²) in [7, 11) is 0. The maximum Gasteiger partial charge on any atom is 0.237 e. The van der Waals surface area contributed by atoms with Crippen LogP contribution in [0.15, 0.2) is 24.3 Å². The number of hydrogen-bond acceptors (Lipinski definition) is 3. The van der Waals surface area contributed by atoms with Crippen LogP contribution >= 0.6 is 0 Å². The van der Waals surface area contributed by atoms with E-state index in [-0.39, 0.29) is 5.82 Å². The summed E-state index contributed by atoms with van der Waals surface area (Å²) in [5.41, 5.74) is 4.57. The molecule has 18 heavy (non-hydrogen) atoms. The van der Waals surface area contributed by atoms with Crippen LogP contribution in [-0.2, 0) is 4.79 Å². The van der Waals surface area contributed by atoms with Gasteiger partial charge in [0, 0.05) is 6.42 Å². The Morgan fingerprint density at radius 3 is 2.56 bits per heavy atom. The van der Waals surface area contributed by atoms with E-state index in [1.165, 1.54) is 12.1 Å². The molecule has 0 saturated carbocycles. The van der Waals surface area contributed by atoms with Crippen molar-refractivity contribution >= 4 is 5.91 Å². The zero-order valence-corrected chi connectivity index (χ0v) is 10.7. The minimum absolute atomic E-state index is 0.308. The standard InChI is InChI=1S/C13H19FN2O2/c1-3-16-13(2,12(15)17)8-9-18-11-6-4-10(14)5-7-11/h4-7,16H,3,8-9H2,1-2H3,(H2,15,17). The normalized spacial score (nSPS) is 13.9. The van der Waals surface area contributed by atoms with Crippen LogP contribution in [0.5, 0.6) is 5.75 Å². The van der Waals surface area contributed by atoms with Crippen molar-refractivity contribution in [3.63, 3.8) is 0 Å². The van der Waals surface area contributed by atoms with Gasteiger partial charge in [0.15, 0.2) is 0 Å². The SMILES string of the molecule is CCNC(C)(CCOc1ccc(F)cc1)C(N)=O. The Morgan fingerprint density at radius 2 is 2.06 bits per heavy atom. The number of rotatable bonds is 7. The van der Waals surface area contributed by atoms with E-state index in [0.717, 1.165) is 0 Å². The topological polar surface area (TPSA) is 64.3 Å². The lowest BCUT2D eigenvalue weighted by atomic mass is 9.97. The average Bonchev–Trinajstić information content (AvgIpc) is 2.32. The van der Waals surface area contributed by atoms with Crippen molar-refractivity contribution in [3.8, 4) is 5.75 Å². The van der Waals surface area contributed by atoms with Gasteiger partial charge in [-0.1, -0.05) is 6.92 Å². The first-order valence-corrected chi connectivity index (χ1v) is 5.91. The number of likely N-dealkylation sites (N-methyl/N-ethyl adjacent to an activating group) is 1. The number of primary amides is 1. The van der Waals surface area contributed by atoms with Crippen LogP contribution in [0.2, 0.25) is 0 Å². The zero-order chi connectivity index (χ0) is 13.6. The Balaban J connectivity index is 2.48. The maximum atomic E-state index is 12.7. The van der Waals surface area contributed by atoms with Crippen LogP contribution in [0.4, 0.5) is 4.39 Å². The molecule has 3 N–H and O–H groups in total. The second kappa shape index (κ2) is 6.35. The third-order valence-electron chi connectivity index (χ3n) is 2.80. The van der Waals surface area contributed by atoms with Crippen LogP contribution in [0, 0.1) is 5.82 Å². The predicted octanol–water partition coefficient (Wildman–Crippen LogP) is 1.45. The molecule has 1 aromatic carbocycles. The Hall–Kier alpha value is -1.62. The van der Waals surface area contributed by atoms with E-state index >= 15 is 0 Å². The molecule has 0 aromatic heterocycles. The quantitative estimate of drug-likeness (QED) is 0.774. The molecule has 1 aromatic rings. The van der Waals surface area contributed by atoms with Crippen LogP contribution in [0.3, 0.4) is 0 Å². The second-order valence-corrected chi connectivity index (χ2v) is 4.28. The maximum absolute atomic E-state index is 12.7. The molecule has 0 aliphatic rings. The molecule has 5 heteroatoms. The fraction of sp³-hybridized carbons (Fsp3) is 0.462. The van der Waals surface area contributed by atoms with E-state index in [0.29, 0.717) is 25.3 Å². The lowest BCUT2D eigenvalue weighted by Gasteiger charge is -2.26. The van der Waals surface area contributed by atoms with Crippen LogP contribution in [0.1, 0.15) is 20.3 Å². The molecule has 0 fully saturated rings. The Labute approximate surface area is 106 Å². The van der Waals surface area contributed by atoms with Gasteiger partial charge in [0.05, 0.1) is 12.1 Å². The highest BCUT2D eigenvalue weighted by Gasteiger charge is 2.29. The fourth-order valence-corrected chi connectivity index (χ4v) is 1.59. The number of hydrogen-bond donors (Lipinski definition) is 2. The summed E-state index contributed by atoms with van der Waals surface area (Å²) < 4.78 is 18.1. The smallest absolute Gasteiger partial charge is 0.237 e. The van der Waals surface area contributed by atoms with Gasteiger partial charge < -0.3 is 15.8 Å². The molecule has 1 atom stereocenters. The van der Waals surface area contributed by atoms with Gasteiger partial charge in [-0.25, -0.2) is 4.39 Å². The molecule has 1 rings (SSSR count). The fourth-order valence-electron chi connectivity index (χ4n) is 1.59. The number of carbonyl (C=O) groups is 1. The van der Waals surface area contributed by atoms with Gasteiger partial charge in [0.25, 0.3) is 0 Å². The first-order chi connectivity index (χ1) is 8.48. The van der Waals surface area contributed by atoms with Crippen molar-refractivity contribution in [3.05, 3.63) is 30.1 Å². The molecule has 0 aliphatic carbocycles. The van der Waals surface area contributed by atoms with Crippen molar-refractivity contribution < 1.29 is 13.9 Å². The molecule has 100 valence electrons.